The largest absolute Gasteiger partial charge is 0.534 e. The Morgan fingerprint density at radius 1 is 1.29 bits per heavy atom. The molecule has 0 unspecified atom stereocenters. The fourth-order valence-corrected chi connectivity index (χ4v) is 2.17. The molecule has 0 atom stereocenters. The number of benzene rings is 1. The molecule has 0 bridgehead atoms. The minimum Gasteiger partial charge on any atom is -0.376 e. The summed E-state index contributed by atoms with van der Waals surface area (Å²) in [6, 6.07) is 3.72. The standard InChI is InChI=1S/C8H4F3NO3S2/c9-8(10,11)17(13,14)15-5-1-2-7-6(3-5)12-4-16-7/h1-4H. The van der Waals surface area contributed by atoms with Crippen LogP contribution in [-0.2, 0) is 10.1 Å². The van der Waals surface area contributed by atoms with Crippen molar-refractivity contribution in [3.8, 4) is 5.75 Å². The Hall–Kier alpha value is -1.35. The summed E-state index contributed by atoms with van der Waals surface area (Å²) in [6.07, 6.45) is 0. The van der Waals surface area contributed by atoms with Crippen LogP contribution in [0, 0.1) is 0 Å². The van der Waals surface area contributed by atoms with Crippen LogP contribution in [0.25, 0.3) is 10.2 Å². The van der Waals surface area contributed by atoms with E-state index in [0.29, 0.717) is 5.52 Å². The first-order valence-electron chi connectivity index (χ1n) is 4.13. The molecule has 0 fully saturated rings. The molecule has 2 rings (SSSR count). The van der Waals surface area contributed by atoms with Crippen molar-refractivity contribution in [3.05, 3.63) is 23.7 Å². The molecule has 0 aliphatic carbocycles. The fraction of sp³-hybridized carbons (Fsp3) is 0.125. The van der Waals surface area contributed by atoms with Gasteiger partial charge in [-0.3, -0.25) is 0 Å². The highest BCUT2D eigenvalue weighted by Gasteiger charge is 2.48. The number of fused-ring (bicyclic) bond motifs is 1. The quantitative estimate of drug-likeness (QED) is 0.627. The van der Waals surface area contributed by atoms with Crippen LogP contribution in [0.15, 0.2) is 23.7 Å². The van der Waals surface area contributed by atoms with Crippen molar-refractivity contribution in [2.45, 2.75) is 5.51 Å². The molecule has 1 aromatic heterocycles. The third kappa shape index (κ3) is 2.34. The molecule has 0 radical (unpaired) electrons. The molecule has 17 heavy (non-hydrogen) atoms. The van der Waals surface area contributed by atoms with Crippen molar-refractivity contribution in [2.75, 3.05) is 0 Å². The normalized spacial score (nSPS) is 12.9. The Morgan fingerprint density at radius 3 is 2.65 bits per heavy atom. The third-order valence-corrected chi connectivity index (χ3v) is 3.58. The molecule has 92 valence electrons. The first-order valence-corrected chi connectivity index (χ1v) is 6.42. The molecule has 1 aromatic carbocycles. The van der Waals surface area contributed by atoms with Crippen LogP contribution in [0.1, 0.15) is 0 Å². The Morgan fingerprint density at radius 2 is 2.00 bits per heavy atom. The van der Waals surface area contributed by atoms with Crippen molar-refractivity contribution < 1.29 is 25.8 Å². The Kier molecular flexibility index (Phi) is 2.74. The zero-order valence-corrected chi connectivity index (χ0v) is 9.56. The van der Waals surface area contributed by atoms with Crippen LogP contribution in [0.4, 0.5) is 13.2 Å². The van der Waals surface area contributed by atoms with Gasteiger partial charge in [-0.15, -0.1) is 11.3 Å². The van der Waals surface area contributed by atoms with E-state index in [2.05, 4.69) is 9.17 Å². The average molecular weight is 283 g/mol. The maximum atomic E-state index is 12.0. The van der Waals surface area contributed by atoms with E-state index in [-0.39, 0.29) is 0 Å². The van der Waals surface area contributed by atoms with Crippen LogP contribution < -0.4 is 4.18 Å². The summed E-state index contributed by atoms with van der Waals surface area (Å²) in [6.45, 7) is 0. The number of halogens is 3. The molecular formula is C8H4F3NO3S2. The van der Waals surface area contributed by atoms with Gasteiger partial charge in [0.1, 0.15) is 5.75 Å². The predicted octanol–water partition coefficient (Wildman–Crippen LogP) is 2.52. The van der Waals surface area contributed by atoms with Gasteiger partial charge in [0.15, 0.2) is 0 Å². The number of rotatable bonds is 2. The van der Waals surface area contributed by atoms with E-state index in [1.807, 2.05) is 0 Å². The average Bonchev–Trinajstić information content (AvgIpc) is 2.62. The molecule has 0 aliphatic rings. The van der Waals surface area contributed by atoms with Gasteiger partial charge in [-0.1, -0.05) is 0 Å². The zero-order valence-electron chi connectivity index (χ0n) is 7.93. The molecule has 1 heterocycles. The molecule has 9 heteroatoms. The molecule has 0 saturated heterocycles. The fourth-order valence-electron chi connectivity index (χ4n) is 1.06. The zero-order chi connectivity index (χ0) is 12.7. The van der Waals surface area contributed by atoms with E-state index in [1.165, 1.54) is 22.9 Å². The van der Waals surface area contributed by atoms with Crippen molar-refractivity contribution in [2.24, 2.45) is 0 Å². The maximum absolute atomic E-state index is 12.0. The van der Waals surface area contributed by atoms with E-state index < -0.39 is 21.4 Å². The topological polar surface area (TPSA) is 56.3 Å². The number of hydrogen-bond donors (Lipinski definition) is 0. The van der Waals surface area contributed by atoms with Crippen molar-refractivity contribution in [3.63, 3.8) is 0 Å². The summed E-state index contributed by atoms with van der Waals surface area (Å²) in [5.41, 5.74) is -3.57. The van der Waals surface area contributed by atoms with Gasteiger partial charge < -0.3 is 4.18 Å². The van der Waals surface area contributed by atoms with Gasteiger partial charge in [-0.2, -0.15) is 21.6 Å². The van der Waals surface area contributed by atoms with Crippen LogP contribution in [0.3, 0.4) is 0 Å². The second kappa shape index (κ2) is 3.84. The van der Waals surface area contributed by atoms with Crippen molar-refractivity contribution in [1.29, 1.82) is 0 Å². The van der Waals surface area contributed by atoms with Gasteiger partial charge in [0, 0.05) is 6.07 Å². The molecule has 2 aromatic rings. The second-order valence-corrected chi connectivity index (χ2v) is 5.39. The van der Waals surface area contributed by atoms with Crippen LogP contribution in [-0.4, -0.2) is 18.9 Å². The highest BCUT2D eigenvalue weighted by atomic mass is 32.2. The lowest BCUT2D eigenvalue weighted by molar-refractivity contribution is -0.0500. The van der Waals surface area contributed by atoms with Gasteiger partial charge in [0.25, 0.3) is 0 Å². The molecule has 0 saturated carbocycles. The first kappa shape index (κ1) is 12.1. The SMILES string of the molecule is O=S(=O)(Oc1ccc2scnc2c1)C(F)(F)F. The van der Waals surface area contributed by atoms with E-state index in [4.69, 9.17) is 0 Å². The molecule has 0 spiro atoms. The lowest BCUT2D eigenvalue weighted by atomic mass is 10.3. The lowest BCUT2D eigenvalue weighted by Crippen LogP contribution is -2.28. The molecule has 0 aliphatic heterocycles. The van der Waals surface area contributed by atoms with Crippen LogP contribution in [0.5, 0.6) is 5.75 Å². The molecule has 0 amide bonds. The van der Waals surface area contributed by atoms with Crippen molar-refractivity contribution in [1.82, 2.24) is 4.98 Å². The predicted molar refractivity (Wildman–Crippen MR) is 55.2 cm³/mol. The van der Waals surface area contributed by atoms with E-state index in [0.717, 1.165) is 16.8 Å². The Balaban J connectivity index is 2.36. The number of nitrogens with zero attached hydrogens (tertiary/aromatic N) is 1. The van der Waals surface area contributed by atoms with E-state index in [9.17, 15) is 21.6 Å². The summed E-state index contributed by atoms with van der Waals surface area (Å²) in [7, 11) is -5.63. The summed E-state index contributed by atoms with van der Waals surface area (Å²) in [5, 5.41) is 0. The second-order valence-electron chi connectivity index (χ2n) is 2.97. The molecular weight excluding hydrogens is 279 g/mol. The van der Waals surface area contributed by atoms with Gasteiger partial charge in [-0.25, -0.2) is 4.98 Å². The lowest BCUT2D eigenvalue weighted by Gasteiger charge is -2.08. The van der Waals surface area contributed by atoms with Gasteiger partial charge >= 0.3 is 15.6 Å². The van der Waals surface area contributed by atoms with Crippen molar-refractivity contribution >= 4 is 31.7 Å². The van der Waals surface area contributed by atoms with E-state index >= 15 is 0 Å². The molecule has 4 nitrogen and oxygen atoms in total. The van der Waals surface area contributed by atoms with Crippen LogP contribution >= 0.6 is 11.3 Å². The highest BCUT2D eigenvalue weighted by Crippen LogP contribution is 2.29. The first-order chi connectivity index (χ1) is 7.79. The van der Waals surface area contributed by atoms with E-state index in [1.54, 1.807) is 0 Å². The summed E-state index contributed by atoms with van der Waals surface area (Å²) >= 11 is 1.28. The Labute approximate surface area is 97.8 Å². The third-order valence-electron chi connectivity index (χ3n) is 1.79. The smallest absolute Gasteiger partial charge is 0.376 e. The summed E-state index contributed by atoms with van der Waals surface area (Å²) in [4.78, 5) is 3.83. The van der Waals surface area contributed by atoms with Gasteiger partial charge in [-0.05, 0) is 12.1 Å². The van der Waals surface area contributed by atoms with Gasteiger partial charge in [0.2, 0.25) is 0 Å². The number of hydrogen-bond acceptors (Lipinski definition) is 5. The maximum Gasteiger partial charge on any atom is 0.534 e. The summed E-state index contributed by atoms with van der Waals surface area (Å²) in [5.74, 6) is -0.416. The van der Waals surface area contributed by atoms with Gasteiger partial charge in [0.05, 0.1) is 15.7 Å². The number of aromatic nitrogens is 1. The highest BCUT2D eigenvalue weighted by molar-refractivity contribution is 7.88. The summed E-state index contributed by atoms with van der Waals surface area (Å²) < 4.78 is 62.3. The minimum atomic E-state index is -5.63. The van der Waals surface area contributed by atoms with Crippen LogP contribution in [0.2, 0.25) is 0 Å². The molecule has 0 N–H and O–H groups in total. The minimum absolute atomic E-state index is 0.380. The number of thiazole rings is 1. The number of alkyl halides is 3. The Bertz CT molecular complexity index is 647. The monoisotopic (exact) mass is 283 g/mol.